The van der Waals surface area contributed by atoms with E-state index in [1.165, 1.54) is 22.4 Å². The van der Waals surface area contributed by atoms with Gasteiger partial charge in [0.2, 0.25) is 0 Å². The molecule has 3 nitrogen and oxygen atoms in total. The molecule has 0 saturated heterocycles. The van der Waals surface area contributed by atoms with E-state index in [0.717, 1.165) is 29.6 Å². The van der Waals surface area contributed by atoms with E-state index in [-0.39, 0.29) is 6.04 Å². The van der Waals surface area contributed by atoms with Crippen molar-refractivity contribution in [3.8, 4) is 0 Å². The summed E-state index contributed by atoms with van der Waals surface area (Å²) in [7, 11) is 0. The van der Waals surface area contributed by atoms with Crippen LogP contribution in [0, 0.1) is 13.8 Å². The fourth-order valence-electron chi connectivity index (χ4n) is 2.71. The number of aromatic nitrogens is 2. The van der Waals surface area contributed by atoms with Gasteiger partial charge in [-0.05, 0) is 59.8 Å². The van der Waals surface area contributed by atoms with Crippen molar-refractivity contribution in [2.75, 3.05) is 0 Å². The monoisotopic (exact) mass is 349 g/mol. The topological polar surface area (TPSA) is 43.8 Å². The van der Waals surface area contributed by atoms with Gasteiger partial charge in [0.15, 0.2) is 0 Å². The second-order valence-corrected chi connectivity index (χ2v) is 6.27. The van der Waals surface area contributed by atoms with Gasteiger partial charge in [-0.2, -0.15) is 5.10 Å². The minimum absolute atomic E-state index is 0.00657. The summed E-state index contributed by atoms with van der Waals surface area (Å²) in [6.45, 7) is 9.39. The van der Waals surface area contributed by atoms with Crippen LogP contribution >= 0.6 is 15.9 Å². The van der Waals surface area contributed by atoms with E-state index in [1.54, 1.807) is 0 Å². The molecule has 0 aliphatic heterocycles. The van der Waals surface area contributed by atoms with Crippen molar-refractivity contribution in [3.05, 3.63) is 50.8 Å². The van der Waals surface area contributed by atoms with Gasteiger partial charge in [0.1, 0.15) is 0 Å². The Kier molecular flexibility index (Phi) is 5.22. The first-order valence-electron chi connectivity index (χ1n) is 7.55. The van der Waals surface area contributed by atoms with Gasteiger partial charge < -0.3 is 5.73 Å². The van der Waals surface area contributed by atoms with Crippen molar-refractivity contribution >= 4 is 15.9 Å². The van der Waals surface area contributed by atoms with Crippen LogP contribution in [0.1, 0.15) is 48.0 Å². The Labute approximate surface area is 135 Å². The van der Waals surface area contributed by atoms with Crippen molar-refractivity contribution < 1.29 is 0 Å². The summed E-state index contributed by atoms with van der Waals surface area (Å²) in [6.07, 6.45) is 1.73. The van der Waals surface area contributed by atoms with Crippen LogP contribution in [-0.4, -0.2) is 9.78 Å². The molecule has 114 valence electrons. The van der Waals surface area contributed by atoms with Gasteiger partial charge in [0.05, 0.1) is 15.9 Å². The maximum Gasteiger partial charge on any atom is 0.0766 e. The van der Waals surface area contributed by atoms with Crippen LogP contribution in [0.5, 0.6) is 0 Å². The van der Waals surface area contributed by atoms with Gasteiger partial charge in [-0.3, -0.25) is 4.68 Å². The lowest BCUT2D eigenvalue weighted by Gasteiger charge is -2.17. The smallest absolute Gasteiger partial charge is 0.0766 e. The van der Waals surface area contributed by atoms with Crippen molar-refractivity contribution in [1.82, 2.24) is 9.78 Å². The molecule has 1 atom stereocenters. The Bertz CT molecular complexity index is 631. The molecule has 0 spiro atoms. The third-order valence-corrected chi connectivity index (χ3v) is 5.07. The fourth-order valence-corrected chi connectivity index (χ4v) is 3.43. The summed E-state index contributed by atoms with van der Waals surface area (Å²) in [6, 6.07) is 6.34. The summed E-state index contributed by atoms with van der Waals surface area (Å²) in [4.78, 5) is 0. The number of hydrogen-bond acceptors (Lipinski definition) is 2. The van der Waals surface area contributed by atoms with Crippen LogP contribution < -0.4 is 5.73 Å². The van der Waals surface area contributed by atoms with Gasteiger partial charge >= 0.3 is 0 Å². The van der Waals surface area contributed by atoms with Crippen molar-refractivity contribution in [2.24, 2.45) is 5.73 Å². The second kappa shape index (κ2) is 6.75. The lowest BCUT2D eigenvalue weighted by atomic mass is 9.95. The Balaban J connectivity index is 2.33. The minimum atomic E-state index is -0.00657. The van der Waals surface area contributed by atoms with Gasteiger partial charge in [-0.1, -0.05) is 25.1 Å². The Morgan fingerprint density at radius 2 is 2.00 bits per heavy atom. The van der Waals surface area contributed by atoms with Crippen LogP contribution in [0.15, 0.2) is 22.7 Å². The molecule has 0 aliphatic rings. The molecule has 1 unspecified atom stereocenters. The molecule has 0 aliphatic carbocycles. The molecule has 1 aromatic heterocycles. The van der Waals surface area contributed by atoms with E-state index in [4.69, 9.17) is 5.73 Å². The molecule has 2 N–H and O–H groups in total. The summed E-state index contributed by atoms with van der Waals surface area (Å²) in [5, 5.41) is 4.65. The largest absolute Gasteiger partial charge is 0.324 e. The Hall–Kier alpha value is -1.13. The van der Waals surface area contributed by atoms with Crippen LogP contribution in [0.4, 0.5) is 0 Å². The van der Waals surface area contributed by atoms with E-state index in [1.807, 2.05) is 0 Å². The highest BCUT2D eigenvalue weighted by Gasteiger charge is 2.18. The van der Waals surface area contributed by atoms with Gasteiger partial charge in [-0.25, -0.2) is 0 Å². The summed E-state index contributed by atoms with van der Waals surface area (Å²) < 4.78 is 3.18. The maximum absolute atomic E-state index is 6.48. The minimum Gasteiger partial charge on any atom is -0.324 e. The number of benzene rings is 1. The highest BCUT2D eigenvalue weighted by molar-refractivity contribution is 9.10. The van der Waals surface area contributed by atoms with Gasteiger partial charge in [0, 0.05) is 19.0 Å². The van der Waals surface area contributed by atoms with E-state index < -0.39 is 0 Å². The first-order chi connectivity index (χ1) is 9.99. The quantitative estimate of drug-likeness (QED) is 0.883. The Morgan fingerprint density at radius 3 is 2.62 bits per heavy atom. The zero-order valence-corrected chi connectivity index (χ0v) is 14.9. The molecular weight excluding hydrogens is 326 g/mol. The van der Waals surface area contributed by atoms with Crippen LogP contribution in [0.3, 0.4) is 0 Å². The van der Waals surface area contributed by atoms with E-state index in [0.29, 0.717) is 0 Å². The molecule has 1 aromatic carbocycles. The molecule has 2 aromatic rings. The molecule has 0 bridgehead atoms. The second-order valence-electron chi connectivity index (χ2n) is 5.48. The first-order valence-corrected chi connectivity index (χ1v) is 8.34. The summed E-state index contributed by atoms with van der Waals surface area (Å²) in [5.41, 5.74) is 12.6. The lowest BCUT2D eigenvalue weighted by molar-refractivity contribution is 0.583. The Morgan fingerprint density at radius 1 is 1.29 bits per heavy atom. The number of nitrogens with zero attached hydrogens (tertiary/aromatic N) is 2. The average Bonchev–Trinajstić information content (AvgIpc) is 2.78. The molecule has 2 rings (SSSR count). The van der Waals surface area contributed by atoms with Crippen LogP contribution in [-0.2, 0) is 19.4 Å². The third kappa shape index (κ3) is 3.22. The summed E-state index contributed by atoms with van der Waals surface area (Å²) >= 11 is 3.70. The van der Waals surface area contributed by atoms with E-state index in [9.17, 15) is 0 Å². The molecule has 0 fully saturated rings. The van der Waals surface area contributed by atoms with E-state index in [2.05, 4.69) is 71.6 Å². The predicted octanol–water partition coefficient (Wildman–Crippen LogP) is 4.09. The van der Waals surface area contributed by atoms with Gasteiger partial charge in [-0.15, -0.1) is 0 Å². The molecular formula is C17H24BrN3. The molecule has 0 saturated carbocycles. The number of nitrogens with two attached hydrogens (primary N) is 1. The highest BCUT2D eigenvalue weighted by Crippen LogP contribution is 2.28. The zero-order valence-electron chi connectivity index (χ0n) is 13.3. The van der Waals surface area contributed by atoms with Crippen LogP contribution in [0.2, 0.25) is 0 Å². The lowest BCUT2D eigenvalue weighted by Crippen LogP contribution is -2.17. The number of rotatable bonds is 5. The number of aryl methyl sites for hydroxylation is 3. The van der Waals surface area contributed by atoms with Crippen molar-refractivity contribution in [3.63, 3.8) is 0 Å². The maximum atomic E-state index is 6.48. The fraction of sp³-hybridized carbons (Fsp3) is 0.471. The molecule has 1 heterocycles. The third-order valence-electron chi connectivity index (χ3n) is 4.15. The van der Waals surface area contributed by atoms with Crippen LogP contribution in [0.25, 0.3) is 0 Å². The molecule has 21 heavy (non-hydrogen) atoms. The standard InChI is InChI=1S/C17H24BrN3/c1-5-15-17(18)16(21(6-2)20-15)10-14(19)13-9-7-8-11(3)12(13)4/h7-9,14H,5-6,10,19H2,1-4H3. The average molecular weight is 350 g/mol. The zero-order chi connectivity index (χ0) is 15.6. The summed E-state index contributed by atoms with van der Waals surface area (Å²) in [5.74, 6) is 0. The normalized spacial score (nSPS) is 12.7. The van der Waals surface area contributed by atoms with Crippen molar-refractivity contribution in [1.29, 1.82) is 0 Å². The molecule has 4 heteroatoms. The number of hydrogen-bond donors (Lipinski definition) is 1. The predicted molar refractivity (Wildman–Crippen MR) is 91.5 cm³/mol. The van der Waals surface area contributed by atoms with Crippen molar-refractivity contribution in [2.45, 2.75) is 53.1 Å². The first kappa shape index (κ1) is 16.2. The highest BCUT2D eigenvalue weighted by atomic mass is 79.9. The molecule has 0 amide bonds. The van der Waals surface area contributed by atoms with E-state index >= 15 is 0 Å². The van der Waals surface area contributed by atoms with Gasteiger partial charge in [0.25, 0.3) is 0 Å². The molecule has 0 radical (unpaired) electrons. The number of halogens is 1. The SMILES string of the molecule is CCc1nn(CC)c(CC(N)c2cccc(C)c2C)c1Br.